The Morgan fingerprint density at radius 2 is 1.15 bits per heavy atom. The number of halogens is 4. The molecule has 2 aromatic carbocycles. The Bertz CT molecular complexity index is 2150. The van der Waals surface area contributed by atoms with Gasteiger partial charge >= 0.3 is 12.2 Å². The monoisotopic (exact) mass is 828 g/mol. The van der Waals surface area contributed by atoms with Gasteiger partial charge in [-0.05, 0) is 36.1 Å². The van der Waals surface area contributed by atoms with Crippen molar-refractivity contribution in [2.24, 2.45) is 5.73 Å². The molecule has 0 bridgehead atoms. The van der Waals surface area contributed by atoms with E-state index in [9.17, 15) is 36.7 Å². The molecule has 316 valence electrons. The number of carbonyl (C=O) groups excluding carboxylic acids is 4. The smallest absolute Gasteiger partial charge is 0.407 e. The molecule has 4 heterocycles. The third kappa shape index (κ3) is 9.33. The quantitative estimate of drug-likeness (QED) is 0.130. The molecule has 0 unspecified atom stereocenters. The molecule has 0 spiro atoms. The van der Waals surface area contributed by atoms with E-state index >= 15 is 0 Å². The zero-order chi connectivity index (χ0) is 42.8. The highest BCUT2D eigenvalue weighted by atomic mass is 19.3. The number of aromatic nitrogens is 4. The average Bonchev–Trinajstić information content (AvgIpc) is 4.03. The minimum Gasteiger partial charge on any atom is -0.453 e. The lowest BCUT2D eigenvalue weighted by molar-refractivity contribution is -0.149. The number of rotatable bonds is 13. The summed E-state index contributed by atoms with van der Waals surface area (Å²) in [5.74, 6) is -7.83. The molecule has 2 fully saturated rings. The van der Waals surface area contributed by atoms with Crippen molar-refractivity contribution >= 4 is 24.0 Å². The van der Waals surface area contributed by atoms with E-state index in [0.717, 1.165) is 28.0 Å². The normalized spacial score (nSPS) is 20.4. The second-order valence-corrected chi connectivity index (χ2v) is 14.5. The van der Waals surface area contributed by atoms with Gasteiger partial charge in [-0.3, -0.25) is 9.59 Å². The fourth-order valence-electron chi connectivity index (χ4n) is 7.22. The lowest BCUT2D eigenvalue weighted by atomic mass is 10.0. The molecule has 5 N–H and O–H groups in total. The first-order chi connectivity index (χ1) is 27.9. The van der Waals surface area contributed by atoms with Crippen LogP contribution in [0.4, 0.5) is 27.2 Å². The first kappa shape index (κ1) is 42.6. The third-order valence-electron chi connectivity index (χ3n) is 10.5. The number of aromatic amines is 2. The summed E-state index contributed by atoms with van der Waals surface area (Å²) in [4.78, 5) is 67.1. The summed E-state index contributed by atoms with van der Waals surface area (Å²) in [6.45, 7) is 1.19. The molecule has 2 aliphatic heterocycles. The molecule has 20 heteroatoms. The Morgan fingerprint density at radius 3 is 1.56 bits per heavy atom. The van der Waals surface area contributed by atoms with E-state index in [1.165, 1.54) is 40.5 Å². The topological polar surface area (TPSA) is 207 Å². The summed E-state index contributed by atoms with van der Waals surface area (Å²) < 4.78 is 79.0. The lowest BCUT2D eigenvalue weighted by Crippen LogP contribution is -2.54. The van der Waals surface area contributed by atoms with Crippen molar-refractivity contribution in [3.63, 3.8) is 0 Å². The highest BCUT2D eigenvalue weighted by Crippen LogP contribution is 2.43. The van der Waals surface area contributed by atoms with E-state index in [2.05, 4.69) is 30.0 Å². The Balaban J connectivity index is 1.15. The fraction of sp³-hybridized carbons (Fsp3) is 0.436. The Labute approximate surface area is 335 Å². The average molecular weight is 829 g/mol. The number of nitrogens with zero attached hydrogens (tertiary/aromatic N) is 4. The van der Waals surface area contributed by atoms with Crippen molar-refractivity contribution in [3.8, 4) is 33.6 Å². The lowest BCUT2D eigenvalue weighted by Gasteiger charge is -2.30. The zero-order valence-electron chi connectivity index (χ0n) is 32.7. The van der Waals surface area contributed by atoms with Gasteiger partial charge in [-0.25, -0.2) is 37.1 Å². The highest BCUT2D eigenvalue weighted by Gasteiger charge is 2.52. The molecule has 4 aromatic rings. The van der Waals surface area contributed by atoms with Crippen molar-refractivity contribution in [1.82, 2.24) is 35.1 Å². The molecule has 0 saturated carbocycles. The van der Waals surface area contributed by atoms with Crippen LogP contribution in [-0.4, -0.2) is 124 Å². The molecular formula is C39H44F4N8O8. The molecular weight excluding hydrogens is 784 g/mol. The number of H-pyrrole nitrogens is 2. The summed E-state index contributed by atoms with van der Waals surface area (Å²) in [6, 6.07) is 11.2. The molecule has 6 rings (SSSR count). The number of ether oxygens (including phenoxy) is 4. The van der Waals surface area contributed by atoms with Gasteiger partial charge in [0.15, 0.2) is 0 Å². The molecule has 0 radical (unpaired) electrons. The second-order valence-electron chi connectivity index (χ2n) is 14.5. The molecule has 2 aliphatic rings. The van der Waals surface area contributed by atoms with Crippen LogP contribution in [0.1, 0.15) is 50.4 Å². The number of carbonyl (C=O) groups is 4. The van der Waals surface area contributed by atoms with Crippen LogP contribution in [0.3, 0.4) is 0 Å². The van der Waals surface area contributed by atoms with Crippen LogP contribution in [0.15, 0.2) is 60.9 Å². The molecule has 2 saturated heterocycles. The van der Waals surface area contributed by atoms with Crippen LogP contribution in [-0.2, 0) is 28.5 Å². The Morgan fingerprint density at radius 1 is 0.729 bits per heavy atom. The van der Waals surface area contributed by atoms with E-state index < -0.39 is 98.2 Å². The maximum absolute atomic E-state index is 14.8. The maximum atomic E-state index is 14.8. The molecule has 2 aromatic heterocycles. The number of alkyl carbamates (subject to hydrolysis) is 1. The van der Waals surface area contributed by atoms with Gasteiger partial charge in [-0.15, -0.1) is 0 Å². The van der Waals surface area contributed by atoms with Gasteiger partial charge in [-0.2, -0.15) is 0 Å². The maximum Gasteiger partial charge on any atom is 0.407 e. The van der Waals surface area contributed by atoms with Crippen molar-refractivity contribution in [3.05, 3.63) is 72.6 Å². The summed E-state index contributed by atoms with van der Waals surface area (Å²) >= 11 is 0. The SMILES string of the molecule is COC(=O)N[C@H](C(=O)N1CC(F)(F)C[C@H]1c1ncc(-c2ccc(-c3ccc(-c4cnc([C@@H]5CC(F)(F)CN5C(=O)[C@@H](OC(N)=O)[C@@H](C)OC)[nH]4)cc3)cc2)[nH]1)[C@@H](C)OC. The summed E-state index contributed by atoms with van der Waals surface area (Å²) in [5.41, 5.74) is 9.24. The first-order valence-electron chi connectivity index (χ1n) is 18.5. The van der Waals surface area contributed by atoms with Gasteiger partial charge in [0.1, 0.15) is 23.8 Å². The standard InChI is InChI=1S/C39H44F4N8O8/c1-20(56-3)30(49-37(55)58-5)34(52)50-18-38(40,41)14-28(50)32-45-16-26(47-32)24-10-6-22(7-11-24)23-8-12-25(13-9-23)27-17-46-33(48-27)29-15-39(42,43)19-51(29)35(53)31(21(2)57-4)59-36(44)54/h6-13,16-17,20-21,28-31H,14-15,18-19H2,1-5H3,(H2,44,54)(H,45,47)(H,46,48)(H,49,55)/t20-,21-,28+,29+,30+,31+/m1/s1. The van der Waals surface area contributed by atoms with Crippen LogP contribution in [0, 0.1) is 0 Å². The van der Waals surface area contributed by atoms with E-state index in [-0.39, 0.29) is 11.6 Å². The van der Waals surface area contributed by atoms with Crippen LogP contribution in [0.2, 0.25) is 0 Å². The van der Waals surface area contributed by atoms with Crippen molar-refractivity contribution in [1.29, 1.82) is 0 Å². The molecule has 16 nitrogen and oxygen atoms in total. The number of imidazole rings is 2. The van der Waals surface area contributed by atoms with Crippen molar-refractivity contribution < 1.29 is 55.7 Å². The predicted molar refractivity (Wildman–Crippen MR) is 202 cm³/mol. The minimum absolute atomic E-state index is 0.122. The largest absolute Gasteiger partial charge is 0.453 e. The third-order valence-corrected chi connectivity index (χ3v) is 10.5. The fourth-order valence-corrected chi connectivity index (χ4v) is 7.22. The summed E-state index contributed by atoms with van der Waals surface area (Å²) in [6.07, 6.45) is -3.92. The van der Waals surface area contributed by atoms with Crippen molar-refractivity contribution in [2.45, 2.75) is 75.0 Å². The number of methoxy groups -OCH3 is 3. The van der Waals surface area contributed by atoms with E-state index in [0.29, 0.717) is 22.5 Å². The van der Waals surface area contributed by atoms with Crippen LogP contribution in [0.25, 0.3) is 33.6 Å². The van der Waals surface area contributed by atoms with Gasteiger partial charge in [-0.1, -0.05) is 48.5 Å². The van der Waals surface area contributed by atoms with Gasteiger partial charge in [0.25, 0.3) is 17.8 Å². The number of likely N-dealkylation sites (tertiary alicyclic amines) is 2. The molecule has 4 amide bonds. The zero-order valence-corrected chi connectivity index (χ0v) is 32.7. The number of nitrogens with one attached hydrogen (secondary N) is 3. The number of hydrogen-bond acceptors (Lipinski definition) is 10. The Hall–Kier alpha value is -6.02. The predicted octanol–water partition coefficient (Wildman–Crippen LogP) is 5.21. The van der Waals surface area contributed by atoms with E-state index in [4.69, 9.17) is 19.9 Å². The molecule has 59 heavy (non-hydrogen) atoms. The Kier molecular flexibility index (Phi) is 12.3. The van der Waals surface area contributed by atoms with Crippen molar-refractivity contribution in [2.75, 3.05) is 34.4 Å². The summed E-state index contributed by atoms with van der Waals surface area (Å²) in [7, 11) is 3.73. The van der Waals surface area contributed by atoms with Crippen LogP contribution < -0.4 is 11.1 Å². The van der Waals surface area contributed by atoms with Gasteiger partial charge in [0.2, 0.25) is 12.0 Å². The second kappa shape index (κ2) is 17.1. The van der Waals surface area contributed by atoms with Crippen LogP contribution >= 0.6 is 0 Å². The van der Waals surface area contributed by atoms with Gasteiger partial charge in [0.05, 0.1) is 62.2 Å². The number of alkyl halides is 4. The highest BCUT2D eigenvalue weighted by molar-refractivity contribution is 5.87. The number of amides is 4. The van der Waals surface area contributed by atoms with Crippen LogP contribution in [0.5, 0.6) is 0 Å². The van der Waals surface area contributed by atoms with E-state index in [1.54, 1.807) is 0 Å². The molecule has 6 atom stereocenters. The number of benzene rings is 2. The number of hydrogen-bond donors (Lipinski definition) is 4. The molecule has 0 aliphatic carbocycles. The van der Waals surface area contributed by atoms with E-state index in [1.807, 2.05) is 48.5 Å². The summed E-state index contributed by atoms with van der Waals surface area (Å²) in [5, 5.41) is 2.38. The number of nitrogens with two attached hydrogens (primary N) is 1. The number of primary amides is 1. The minimum atomic E-state index is -3.23. The first-order valence-corrected chi connectivity index (χ1v) is 18.5. The van der Waals surface area contributed by atoms with Gasteiger partial charge in [0, 0.05) is 27.1 Å². The van der Waals surface area contributed by atoms with Gasteiger partial charge < -0.3 is 49.8 Å².